The average Bonchev–Trinajstić information content (AvgIpc) is 2.90. The van der Waals surface area contributed by atoms with Gasteiger partial charge in [-0.1, -0.05) is 41.4 Å². The predicted octanol–water partition coefficient (Wildman–Crippen LogP) is 6.66. The Bertz CT molecular complexity index is 1580. The molecule has 38 heavy (non-hydrogen) atoms. The first kappa shape index (κ1) is 27.3. The SMILES string of the molecule is COc1cc(F)ccc1CNC(=O)c1cc(Cl)ccc1NS(=O)(=O)c1ccc(Oc2ccccc2Cl)cc1. The van der Waals surface area contributed by atoms with Crippen molar-refractivity contribution in [3.63, 3.8) is 0 Å². The highest BCUT2D eigenvalue weighted by atomic mass is 35.5. The monoisotopic (exact) mass is 574 g/mol. The summed E-state index contributed by atoms with van der Waals surface area (Å²) in [6, 6.07) is 20.7. The van der Waals surface area contributed by atoms with Gasteiger partial charge in [0.15, 0.2) is 0 Å². The fourth-order valence-electron chi connectivity index (χ4n) is 3.47. The smallest absolute Gasteiger partial charge is 0.261 e. The van der Waals surface area contributed by atoms with Crippen LogP contribution in [0.2, 0.25) is 10.0 Å². The molecule has 2 N–H and O–H groups in total. The van der Waals surface area contributed by atoms with Gasteiger partial charge in [-0.25, -0.2) is 12.8 Å². The summed E-state index contributed by atoms with van der Waals surface area (Å²) in [5.74, 6) is 0.00377. The predicted molar refractivity (Wildman–Crippen MR) is 144 cm³/mol. The van der Waals surface area contributed by atoms with Gasteiger partial charge in [-0.2, -0.15) is 0 Å². The lowest BCUT2D eigenvalue weighted by molar-refractivity contribution is 0.0951. The lowest BCUT2D eigenvalue weighted by Gasteiger charge is -2.15. The number of sulfonamides is 1. The van der Waals surface area contributed by atoms with E-state index in [1.807, 2.05) is 0 Å². The molecule has 4 aromatic carbocycles. The van der Waals surface area contributed by atoms with Crippen LogP contribution in [0.15, 0.2) is 89.8 Å². The molecule has 0 bridgehead atoms. The molecule has 0 atom stereocenters. The minimum absolute atomic E-state index is 0.000765. The molecule has 1 amide bonds. The molecule has 196 valence electrons. The van der Waals surface area contributed by atoms with Gasteiger partial charge < -0.3 is 14.8 Å². The Kier molecular flexibility index (Phi) is 8.41. The van der Waals surface area contributed by atoms with Crippen molar-refractivity contribution in [3.8, 4) is 17.2 Å². The van der Waals surface area contributed by atoms with Crippen LogP contribution in [-0.2, 0) is 16.6 Å². The van der Waals surface area contributed by atoms with Gasteiger partial charge >= 0.3 is 0 Å². The number of amides is 1. The van der Waals surface area contributed by atoms with Gasteiger partial charge in [0.25, 0.3) is 15.9 Å². The molecule has 0 aliphatic rings. The Hall–Kier alpha value is -3.79. The van der Waals surface area contributed by atoms with Gasteiger partial charge in [-0.3, -0.25) is 9.52 Å². The van der Waals surface area contributed by atoms with E-state index in [0.717, 1.165) is 0 Å². The van der Waals surface area contributed by atoms with Crippen molar-refractivity contribution in [1.82, 2.24) is 5.32 Å². The molecule has 4 rings (SSSR count). The summed E-state index contributed by atoms with van der Waals surface area (Å²) in [4.78, 5) is 12.9. The maximum atomic E-state index is 13.5. The Morgan fingerprint density at radius 3 is 2.37 bits per heavy atom. The number of carbonyl (C=O) groups excluding carboxylic acids is 1. The van der Waals surface area contributed by atoms with Gasteiger partial charge in [-0.05, 0) is 60.7 Å². The summed E-state index contributed by atoms with van der Waals surface area (Å²) in [5, 5.41) is 3.32. The third-order valence-electron chi connectivity index (χ3n) is 5.36. The molecule has 0 heterocycles. The number of ether oxygens (including phenoxy) is 2. The Morgan fingerprint density at radius 2 is 1.66 bits per heavy atom. The summed E-state index contributed by atoms with van der Waals surface area (Å²) >= 11 is 12.2. The summed E-state index contributed by atoms with van der Waals surface area (Å²) < 4.78 is 52.9. The topological polar surface area (TPSA) is 93.7 Å². The van der Waals surface area contributed by atoms with Crippen LogP contribution >= 0.6 is 23.2 Å². The van der Waals surface area contributed by atoms with Gasteiger partial charge in [0.2, 0.25) is 0 Å². The van der Waals surface area contributed by atoms with Crippen molar-refractivity contribution < 1.29 is 27.1 Å². The van der Waals surface area contributed by atoms with Crippen molar-refractivity contribution in [2.75, 3.05) is 11.8 Å². The minimum atomic E-state index is -4.08. The number of benzene rings is 4. The number of halogens is 3. The summed E-state index contributed by atoms with van der Waals surface area (Å²) in [5.41, 5.74) is 0.556. The van der Waals surface area contributed by atoms with Gasteiger partial charge in [-0.15, -0.1) is 0 Å². The van der Waals surface area contributed by atoms with E-state index in [1.54, 1.807) is 24.3 Å². The lowest BCUT2D eigenvalue weighted by atomic mass is 10.1. The molecule has 0 aliphatic heterocycles. The van der Waals surface area contributed by atoms with Gasteiger partial charge in [0.05, 0.1) is 28.3 Å². The number of anilines is 1. The number of methoxy groups -OCH3 is 1. The van der Waals surface area contributed by atoms with Crippen molar-refractivity contribution in [2.24, 2.45) is 0 Å². The molecule has 7 nitrogen and oxygen atoms in total. The van der Waals surface area contributed by atoms with Crippen molar-refractivity contribution in [1.29, 1.82) is 0 Å². The largest absolute Gasteiger partial charge is 0.496 e. The molecule has 0 aromatic heterocycles. The first-order chi connectivity index (χ1) is 18.2. The van der Waals surface area contributed by atoms with Crippen LogP contribution in [0.4, 0.5) is 10.1 Å². The molecule has 0 radical (unpaired) electrons. The molecular weight excluding hydrogens is 554 g/mol. The second-order valence-electron chi connectivity index (χ2n) is 7.94. The van der Waals surface area contributed by atoms with E-state index in [2.05, 4.69) is 10.0 Å². The zero-order chi connectivity index (χ0) is 27.3. The standard InChI is InChI=1S/C27H21Cl2FN2O5S/c1-36-26-15-19(30)8-6-17(26)16-31-27(33)22-14-18(28)7-13-24(22)32-38(34,35)21-11-9-20(10-12-21)37-25-5-3-2-4-23(25)29/h2-15,32H,16H2,1H3,(H,31,33). The fraction of sp³-hybridized carbons (Fsp3) is 0.0741. The van der Waals surface area contributed by atoms with E-state index >= 15 is 0 Å². The second-order valence-corrected chi connectivity index (χ2v) is 10.5. The Morgan fingerprint density at radius 1 is 0.921 bits per heavy atom. The van der Waals surface area contributed by atoms with Crippen LogP contribution in [0, 0.1) is 5.82 Å². The van der Waals surface area contributed by atoms with Crippen molar-refractivity contribution in [2.45, 2.75) is 11.4 Å². The zero-order valence-electron chi connectivity index (χ0n) is 19.9. The maximum Gasteiger partial charge on any atom is 0.261 e. The molecule has 0 saturated heterocycles. The first-order valence-corrected chi connectivity index (χ1v) is 13.4. The number of para-hydroxylation sites is 1. The zero-order valence-corrected chi connectivity index (χ0v) is 22.2. The Labute approximate surface area is 229 Å². The van der Waals surface area contributed by atoms with E-state index in [4.69, 9.17) is 32.7 Å². The number of carbonyl (C=O) groups is 1. The lowest BCUT2D eigenvalue weighted by Crippen LogP contribution is -2.25. The van der Waals surface area contributed by atoms with Crippen molar-refractivity contribution in [3.05, 3.63) is 112 Å². The second kappa shape index (κ2) is 11.7. The minimum Gasteiger partial charge on any atom is -0.496 e. The molecule has 0 aliphatic carbocycles. The van der Waals surface area contributed by atoms with Crippen LogP contribution in [0.1, 0.15) is 15.9 Å². The normalized spacial score (nSPS) is 11.1. The molecule has 4 aromatic rings. The van der Waals surface area contributed by atoms with Crippen LogP contribution in [0.25, 0.3) is 0 Å². The average molecular weight is 575 g/mol. The molecule has 11 heteroatoms. The van der Waals surface area contributed by atoms with Crippen LogP contribution in [0.3, 0.4) is 0 Å². The van der Waals surface area contributed by atoms with Crippen LogP contribution in [0.5, 0.6) is 17.2 Å². The molecular formula is C27H21Cl2FN2O5S. The fourth-order valence-corrected chi connectivity index (χ4v) is 4.90. The highest BCUT2D eigenvalue weighted by molar-refractivity contribution is 7.92. The van der Waals surface area contributed by atoms with E-state index in [-0.39, 0.29) is 33.5 Å². The quantitative estimate of drug-likeness (QED) is 0.233. The highest BCUT2D eigenvalue weighted by Crippen LogP contribution is 2.30. The van der Waals surface area contributed by atoms with Gasteiger partial charge in [0.1, 0.15) is 23.1 Å². The third-order valence-corrected chi connectivity index (χ3v) is 7.29. The van der Waals surface area contributed by atoms with E-state index in [9.17, 15) is 17.6 Å². The highest BCUT2D eigenvalue weighted by Gasteiger charge is 2.20. The number of nitrogens with one attached hydrogen (secondary N) is 2. The summed E-state index contributed by atoms with van der Waals surface area (Å²) in [6.45, 7) is 0.00782. The first-order valence-electron chi connectivity index (χ1n) is 11.1. The van der Waals surface area contributed by atoms with Gasteiger partial charge in [0, 0.05) is 23.2 Å². The number of hydrogen-bond acceptors (Lipinski definition) is 5. The van der Waals surface area contributed by atoms with E-state index in [1.165, 1.54) is 67.8 Å². The third kappa shape index (κ3) is 6.55. The van der Waals surface area contributed by atoms with E-state index in [0.29, 0.717) is 22.1 Å². The molecule has 0 saturated carbocycles. The molecule has 0 unspecified atom stereocenters. The molecule has 0 fully saturated rings. The number of hydrogen-bond donors (Lipinski definition) is 2. The Balaban J connectivity index is 1.51. The van der Waals surface area contributed by atoms with Crippen LogP contribution < -0.4 is 19.5 Å². The number of rotatable bonds is 9. The van der Waals surface area contributed by atoms with Crippen molar-refractivity contribution >= 4 is 44.8 Å². The summed E-state index contributed by atoms with van der Waals surface area (Å²) in [6.07, 6.45) is 0. The maximum absolute atomic E-state index is 13.5. The molecule has 0 spiro atoms. The summed E-state index contributed by atoms with van der Waals surface area (Å²) in [7, 11) is -2.69. The van der Waals surface area contributed by atoms with E-state index < -0.39 is 21.7 Å². The van der Waals surface area contributed by atoms with Crippen LogP contribution in [-0.4, -0.2) is 21.4 Å².